The number of halogens is 2. The summed E-state index contributed by atoms with van der Waals surface area (Å²) < 4.78 is 23.1. The number of piperidine rings is 1. The zero-order chi connectivity index (χ0) is 18.7. The van der Waals surface area contributed by atoms with Crippen molar-refractivity contribution in [2.24, 2.45) is 11.7 Å². The van der Waals surface area contributed by atoms with Crippen molar-refractivity contribution in [3.63, 3.8) is 0 Å². The number of hydrogen-bond donors (Lipinski definition) is 1. The molecule has 9 heteroatoms. The highest BCUT2D eigenvalue weighted by atomic mass is 35.5. The fraction of sp³-hybridized carbons (Fsp3) is 0.632. The zero-order valence-electron chi connectivity index (χ0n) is 16.2. The van der Waals surface area contributed by atoms with Gasteiger partial charge in [-0.1, -0.05) is 12.1 Å². The van der Waals surface area contributed by atoms with Crippen LogP contribution in [0.15, 0.2) is 24.3 Å². The normalized spacial score (nSPS) is 23.2. The highest BCUT2D eigenvalue weighted by molar-refractivity contribution is 7.91. The molecule has 2 saturated heterocycles. The Kier molecular flexibility index (Phi) is 9.70. The molecule has 2 aliphatic heterocycles. The van der Waals surface area contributed by atoms with Gasteiger partial charge in [0.15, 0.2) is 9.84 Å². The lowest BCUT2D eigenvalue weighted by molar-refractivity contribution is 0.0660. The maximum Gasteiger partial charge on any atom is 0.253 e. The second-order valence-electron chi connectivity index (χ2n) is 7.64. The van der Waals surface area contributed by atoms with E-state index in [4.69, 9.17) is 5.73 Å². The summed E-state index contributed by atoms with van der Waals surface area (Å²) in [7, 11) is -2.87. The molecule has 1 aromatic carbocycles. The highest BCUT2D eigenvalue weighted by Gasteiger charge is 2.27. The highest BCUT2D eigenvalue weighted by Crippen LogP contribution is 2.21. The molecule has 1 amide bonds. The summed E-state index contributed by atoms with van der Waals surface area (Å²) in [6, 6.07) is 7.83. The Labute approximate surface area is 180 Å². The lowest BCUT2D eigenvalue weighted by atomic mass is 9.92. The summed E-state index contributed by atoms with van der Waals surface area (Å²) in [5.41, 5.74) is 7.79. The first-order chi connectivity index (χ1) is 12.3. The third-order valence-corrected chi connectivity index (χ3v) is 7.11. The topological polar surface area (TPSA) is 83.7 Å². The van der Waals surface area contributed by atoms with Gasteiger partial charge in [0, 0.05) is 44.3 Å². The van der Waals surface area contributed by atoms with E-state index in [1.54, 1.807) is 0 Å². The monoisotopic (exact) mass is 451 g/mol. The third kappa shape index (κ3) is 6.59. The molecule has 0 spiro atoms. The first kappa shape index (κ1) is 25.2. The smallest absolute Gasteiger partial charge is 0.253 e. The number of sulfone groups is 1. The van der Waals surface area contributed by atoms with Crippen LogP contribution in [0.3, 0.4) is 0 Å². The van der Waals surface area contributed by atoms with E-state index in [0.29, 0.717) is 31.1 Å². The Hall–Kier alpha value is -0.860. The molecule has 0 bridgehead atoms. The van der Waals surface area contributed by atoms with E-state index in [1.807, 2.05) is 36.1 Å². The van der Waals surface area contributed by atoms with Gasteiger partial charge < -0.3 is 10.6 Å². The lowest BCUT2D eigenvalue weighted by Crippen LogP contribution is -2.45. The van der Waals surface area contributed by atoms with E-state index in [9.17, 15) is 13.2 Å². The van der Waals surface area contributed by atoms with E-state index >= 15 is 0 Å². The molecular weight excluding hydrogens is 421 g/mol. The summed E-state index contributed by atoms with van der Waals surface area (Å²) in [4.78, 5) is 16.9. The van der Waals surface area contributed by atoms with Gasteiger partial charge in [0.25, 0.3) is 5.91 Å². The minimum atomic E-state index is -2.87. The summed E-state index contributed by atoms with van der Waals surface area (Å²) >= 11 is 0. The van der Waals surface area contributed by atoms with Crippen LogP contribution >= 0.6 is 24.8 Å². The van der Waals surface area contributed by atoms with Crippen molar-refractivity contribution in [3.8, 4) is 0 Å². The number of carbonyl (C=O) groups excluding carboxylic acids is 1. The molecule has 0 radical (unpaired) electrons. The Bertz CT molecular complexity index is 745. The predicted octanol–water partition coefficient (Wildman–Crippen LogP) is 1.96. The maximum absolute atomic E-state index is 12.9. The summed E-state index contributed by atoms with van der Waals surface area (Å²) in [5, 5.41) is 0. The van der Waals surface area contributed by atoms with Gasteiger partial charge in [-0.05, 0) is 43.4 Å². The quantitative estimate of drug-likeness (QED) is 0.755. The Balaban J connectivity index is 0.00000196. The van der Waals surface area contributed by atoms with Crippen molar-refractivity contribution < 1.29 is 13.2 Å². The van der Waals surface area contributed by atoms with E-state index in [-0.39, 0.29) is 48.3 Å². The van der Waals surface area contributed by atoms with Crippen LogP contribution in [-0.2, 0) is 16.4 Å². The SMILES string of the molecule is CC(N)C1CCCN(C(=O)c2cccc(CN3CCS(=O)(=O)CC3)c2)C1.Cl.Cl. The van der Waals surface area contributed by atoms with Crippen molar-refractivity contribution in [1.82, 2.24) is 9.80 Å². The summed E-state index contributed by atoms with van der Waals surface area (Å²) in [6.07, 6.45) is 2.08. The van der Waals surface area contributed by atoms with E-state index in [2.05, 4.69) is 4.90 Å². The molecule has 0 aromatic heterocycles. The fourth-order valence-electron chi connectivity index (χ4n) is 3.78. The van der Waals surface area contributed by atoms with Crippen LogP contribution < -0.4 is 5.73 Å². The number of likely N-dealkylation sites (tertiary alicyclic amines) is 1. The molecule has 6 nitrogen and oxygen atoms in total. The van der Waals surface area contributed by atoms with Gasteiger partial charge in [-0.25, -0.2) is 8.42 Å². The molecule has 1 aromatic rings. The van der Waals surface area contributed by atoms with Crippen molar-refractivity contribution in [3.05, 3.63) is 35.4 Å². The number of amides is 1. The summed E-state index contributed by atoms with van der Waals surface area (Å²) in [5.74, 6) is 0.875. The van der Waals surface area contributed by atoms with Crippen molar-refractivity contribution in [2.75, 3.05) is 37.7 Å². The van der Waals surface area contributed by atoms with E-state index in [1.165, 1.54) is 0 Å². The van der Waals surface area contributed by atoms with Crippen molar-refractivity contribution in [1.29, 1.82) is 0 Å². The van der Waals surface area contributed by atoms with Crippen molar-refractivity contribution in [2.45, 2.75) is 32.4 Å². The first-order valence-electron chi connectivity index (χ1n) is 9.40. The molecule has 160 valence electrons. The van der Waals surface area contributed by atoms with Crippen LogP contribution in [0.25, 0.3) is 0 Å². The van der Waals surface area contributed by atoms with Crippen LogP contribution in [0.2, 0.25) is 0 Å². The molecule has 2 N–H and O–H groups in total. The molecule has 2 aliphatic rings. The van der Waals surface area contributed by atoms with Crippen LogP contribution in [0, 0.1) is 5.92 Å². The van der Waals surface area contributed by atoms with Gasteiger partial charge in [-0.15, -0.1) is 24.8 Å². The van der Waals surface area contributed by atoms with E-state index in [0.717, 1.165) is 31.5 Å². The number of benzene rings is 1. The molecule has 0 saturated carbocycles. The second-order valence-corrected chi connectivity index (χ2v) is 9.94. The molecule has 2 unspecified atom stereocenters. The standard InChI is InChI=1S/C19H29N3O3S.2ClH/c1-15(20)18-6-3-7-22(14-18)19(23)17-5-2-4-16(12-17)13-21-8-10-26(24,25)11-9-21;;/h2,4-5,12,15,18H,3,6-11,13-14,20H2,1H3;2*1H. The second kappa shape index (κ2) is 10.8. The number of hydrogen-bond acceptors (Lipinski definition) is 5. The van der Waals surface area contributed by atoms with E-state index < -0.39 is 9.84 Å². The number of rotatable bonds is 4. The van der Waals surface area contributed by atoms with Gasteiger partial charge in [0.05, 0.1) is 11.5 Å². The van der Waals surface area contributed by atoms with Crippen LogP contribution in [0.4, 0.5) is 0 Å². The van der Waals surface area contributed by atoms with Crippen LogP contribution in [-0.4, -0.2) is 67.9 Å². The van der Waals surface area contributed by atoms with Crippen molar-refractivity contribution >= 4 is 40.6 Å². The number of nitrogens with zero attached hydrogens (tertiary/aromatic N) is 2. The molecule has 2 fully saturated rings. The Morgan fingerprint density at radius 2 is 1.89 bits per heavy atom. The Morgan fingerprint density at radius 3 is 2.54 bits per heavy atom. The van der Waals surface area contributed by atoms with Gasteiger partial charge >= 0.3 is 0 Å². The number of nitrogens with two attached hydrogens (primary N) is 1. The zero-order valence-corrected chi connectivity index (χ0v) is 18.7. The molecule has 2 atom stereocenters. The molecule has 28 heavy (non-hydrogen) atoms. The maximum atomic E-state index is 12.9. The average Bonchev–Trinajstić information content (AvgIpc) is 2.63. The molecule has 2 heterocycles. The van der Waals surface area contributed by atoms with Gasteiger partial charge in [0.1, 0.15) is 0 Å². The molecule has 0 aliphatic carbocycles. The minimum absolute atomic E-state index is 0. The lowest BCUT2D eigenvalue weighted by Gasteiger charge is -2.34. The predicted molar refractivity (Wildman–Crippen MR) is 117 cm³/mol. The van der Waals surface area contributed by atoms with Crippen LogP contribution in [0.1, 0.15) is 35.7 Å². The summed E-state index contributed by atoms with van der Waals surface area (Å²) in [6.45, 7) is 5.32. The minimum Gasteiger partial charge on any atom is -0.338 e. The Morgan fingerprint density at radius 1 is 1.21 bits per heavy atom. The van der Waals surface area contributed by atoms with Crippen LogP contribution in [0.5, 0.6) is 0 Å². The molecule has 3 rings (SSSR count). The number of carbonyl (C=O) groups is 1. The molecular formula is C19H31Cl2N3O3S. The average molecular weight is 452 g/mol. The third-order valence-electron chi connectivity index (χ3n) is 5.51. The largest absolute Gasteiger partial charge is 0.338 e. The van der Waals surface area contributed by atoms with Gasteiger partial charge in [-0.2, -0.15) is 0 Å². The fourth-order valence-corrected chi connectivity index (χ4v) is 5.05. The van der Waals surface area contributed by atoms with Gasteiger partial charge in [-0.3, -0.25) is 9.69 Å². The van der Waals surface area contributed by atoms with Gasteiger partial charge in [0.2, 0.25) is 0 Å². The first-order valence-corrected chi connectivity index (χ1v) is 11.2.